The monoisotopic (exact) mass is 208 g/mol. The maximum atomic E-state index is 11.7. The summed E-state index contributed by atoms with van der Waals surface area (Å²) in [4.78, 5) is 11.7. The van der Waals surface area contributed by atoms with E-state index in [2.05, 4.69) is 6.92 Å². The first-order chi connectivity index (χ1) is 7.25. The second kappa shape index (κ2) is 6.44. The number of rotatable bonds is 7. The van der Waals surface area contributed by atoms with Gasteiger partial charge in [-0.2, -0.15) is 0 Å². The number of Topliss-reactive ketones (excluding diaryl/α,β-unsaturated/α-hetero) is 1. The summed E-state index contributed by atoms with van der Waals surface area (Å²) in [6.07, 6.45) is 8.17. The summed E-state index contributed by atoms with van der Waals surface area (Å²) in [6.45, 7) is 4.03. The maximum absolute atomic E-state index is 11.7. The summed E-state index contributed by atoms with van der Waals surface area (Å²) in [5.41, 5.74) is 0.755. The molecule has 0 spiro atoms. The smallest absolute Gasteiger partial charge is 0.166 e. The molecule has 1 aromatic rings. The van der Waals surface area contributed by atoms with Gasteiger partial charge < -0.3 is 4.42 Å². The number of furan rings is 1. The highest BCUT2D eigenvalue weighted by atomic mass is 16.3. The predicted molar refractivity (Wildman–Crippen MR) is 61.2 cm³/mol. The quantitative estimate of drug-likeness (QED) is 0.498. The fourth-order valence-electron chi connectivity index (χ4n) is 1.70. The van der Waals surface area contributed by atoms with Gasteiger partial charge in [-0.3, -0.25) is 4.79 Å². The number of hydrogen-bond donors (Lipinski definition) is 0. The molecule has 15 heavy (non-hydrogen) atoms. The van der Waals surface area contributed by atoms with E-state index in [0.29, 0.717) is 6.42 Å². The van der Waals surface area contributed by atoms with Crippen molar-refractivity contribution in [3.05, 3.63) is 23.7 Å². The maximum Gasteiger partial charge on any atom is 0.166 e. The van der Waals surface area contributed by atoms with Gasteiger partial charge in [-0.05, 0) is 19.4 Å². The summed E-state index contributed by atoms with van der Waals surface area (Å²) >= 11 is 0. The molecule has 1 rings (SSSR count). The van der Waals surface area contributed by atoms with Gasteiger partial charge in [-0.15, -0.1) is 0 Å². The molecule has 0 aliphatic rings. The van der Waals surface area contributed by atoms with Crippen LogP contribution in [0.4, 0.5) is 0 Å². The highest BCUT2D eigenvalue weighted by molar-refractivity contribution is 5.96. The van der Waals surface area contributed by atoms with E-state index in [1.165, 1.54) is 19.3 Å². The summed E-state index contributed by atoms with van der Waals surface area (Å²) in [5.74, 6) is 0.964. The second-order valence-corrected chi connectivity index (χ2v) is 3.98. The molecule has 0 unspecified atom stereocenters. The van der Waals surface area contributed by atoms with Crippen LogP contribution in [0.5, 0.6) is 0 Å². The van der Waals surface area contributed by atoms with Gasteiger partial charge >= 0.3 is 0 Å². The number of carbonyl (C=O) groups is 1. The van der Waals surface area contributed by atoms with Crippen molar-refractivity contribution >= 4 is 5.78 Å². The third kappa shape index (κ3) is 3.90. The molecule has 2 nitrogen and oxygen atoms in total. The van der Waals surface area contributed by atoms with Crippen LogP contribution >= 0.6 is 0 Å². The molecule has 0 aliphatic heterocycles. The lowest BCUT2D eigenvalue weighted by Crippen LogP contribution is -1.98. The Morgan fingerprint density at radius 2 is 2.00 bits per heavy atom. The Morgan fingerprint density at radius 3 is 2.60 bits per heavy atom. The Balaban J connectivity index is 2.22. The van der Waals surface area contributed by atoms with Crippen molar-refractivity contribution in [2.75, 3.05) is 0 Å². The number of hydrogen-bond acceptors (Lipinski definition) is 2. The van der Waals surface area contributed by atoms with Crippen LogP contribution in [0.1, 0.15) is 61.6 Å². The molecule has 0 saturated heterocycles. The zero-order chi connectivity index (χ0) is 11.1. The van der Waals surface area contributed by atoms with Crippen molar-refractivity contribution in [2.45, 2.75) is 52.4 Å². The van der Waals surface area contributed by atoms with Crippen molar-refractivity contribution in [3.63, 3.8) is 0 Å². The zero-order valence-corrected chi connectivity index (χ0v) is 9.71. The second-order valence-electron chi connectivity index (χ2n) is 3.98. The number of unbranched alkanes of at least 4 members (excludes halogenated alkanes) is 4. The first kappa shape index (κ1) is 12.0. The summed E-state index contributed by atoms with van der Waals surface area (Å²) in [7, 11) is 0. The van der Waals surface area contributed by atoms with E-state index < -0.39 is 0 Å². The highest BCUT2D eigenvalue weighted by Crippen LogP contribution is 2.14. The minimum atomic E-state index is 0.220. The molecule has 0 saturated carbocycles. The van der Waals surface area contributed by atoms with Crippen molar-refractivity contribution in [3.8, 4) is 0 Å². The van der Waals surface area contributed by atoms with Crippen LogP contribution in [0.2, 0.25) is 0 Å². The highest BCUT2D eigenvalue weighted by Gasteiger charge is 2.10. The molecule has 0 aromatic carbocycles. The summed E-state index contributed by atoms with van der Waals surface area (Å²) in [5, 5.41) is 0. The Kier molecular flexibility index (Phi) is 5.16. The molecule has 0 amide bonds. The molecule has 1 aromatic heterocycles. The fraction of sp³-hybridized carbons (Fsp3) is 0.615. The number of ketones is 1. The van der Waals surface area contributed by atoms with E-state index in [-0.39, 0.29) is 5.78 Å². The van der Waals surface area contributed by atoms with Gasteiger partial charge in [0.2, 0.25) is 0 Å². The molecule has 0 radical (unpaired) electrons. The third-order valence-electron chi connectivity index (χ3n) is 2.67. The number of aryl methyl sites for hydroxylation is 1. The van der Waals surface area contributed by atoms with E-state index >= 15 is 0 Å². The van der Waals surface area contributed by atoms with Crippen molar-refractivity contribution in [1.29, 1.82) is 0 Å². The van der Waals surface area contributed by atoms with Gasteiger partial charge in [0.15, 0.2) is 5.78 Å². The van der Waals surface area contributed by atoms with Crippen LogP contribution in [0.15, 0.2) is 16.7 Å². The van der Waals surface area contributed by atoms with Gasteiger partial charge in [-0.1, -0.05) is 32.6 Å². The topological polar surface area (TPSA) is 30.2 Å². The molecular formula is C13H20O2. The van der Waals surface area contributed by atoms with Crippen LogP contribution in [-0.4, -0.2) is 5.78 Å². The van der Waals surface area contributed by atoms with E-state index in [9.17, 15) is 4.79 Å². The largest absolute Gasteiger partial charge is 0.469 e. The predicted octanol–water partition coefficient (Wildman–Crippen LogP) is 4.13. The molecule has 0 bridgehead atoms. The summed E-state index contributed by atoms with van der Waals surface area (Å²) in [6, 6.07) is 1.77. The Labute approximate surface area is 91.7 Å². The van der Waals surface area contributed by atoms with Gasteiger partial charge in [0.05, 0.1) is 11.8 Å². The Bertz CT molecular complexity index is 299. The first-order valence-electron chi connectivity index (χ1n) is 5.83. The molecule has 0 aliphatic carbocycles. The van der Waals surface area contributed by atoms with Gasteiger partial charge in [0, 0.05) is 6.42 Å². The SMILES string of the molecule is CCCCCCCC(=O)c1ccoc1C. The van der Waals surface area contributed by atoms with E-state index in [1.807, 2.05) is 6.92 Å². The summed E-state index contributed by atoms with van der Waals surface area (Å²) < 4.78 is 5.11. The lowest BCUT2D eigenvalue weighted by atomic mass is 10.0. The van der Waals surface area contributed by atoms with E-state index in [1.54, 1.807) is 12.3 Å². The van der Waals surface area contributed by atoms with Crippen molar-refractivity contribution in [2.24, 2.45) is 0 Å². The molecule has 84 valence electrons. The molecule has 0 fully saturated rings. The fourth-order valence-corrected chi connectivity index (χ4v) is 1.70. The van der Waals surface area contributed by atoms with Gasteiger partial charge in [-0.25, -0.2) is 0 Å². The lowest BCUT2D eigenvalue weighted by Gasteiger charge is -1.99. The van der Waals surface area contributed by atoms with Crippen LogP contribution in [0.25, 0.3) is 0 Å². The number of carbonyl (C=O) groups excluding carboxylic acids is 1. The normalized spacial score (nSPS) is 10.5. The van der Waals surface area contributed by atoms with Crippen LogP contribution in [-0.2, 0) is 0 Å². The molecular weight excluding hydrogens is 188 g/mol. The van der Waals surface area contributed by atoms with E-state index in [4.69, 9.17) is 4.42 Å². The molecule has 0 N–H and O–H groups in total. The Morgan fingerprint density at radius 1 is 1.27 bits per heavy atom. The first-order valence-corrected chi connectivity index (χ1v) is 5.83. The minimum absolute atomic E-state index is 0.220. The van der Waals surface area contributed by atoms with E-state index in [0.717, 1.165) is 24.2 Å². The Hall–Kier alpha value is -1.05. The van der Waals surface area contributed by atoms with Crippen LogP contribution in [0.3, 0.4) is 0 Å². The average Bonchev–Trinajstić information content (AvgIpc) is 2.64. The van der Waals surface area contributed by atoms with Gasteiger partial charge in [0.1, 0.15) is 5.76 Å². The van der Waals surface area contributed by atoms with Gasteiger partial charge in [0.25, 0.3) is 0 Å². The molecule has 0 atom stereocenters. The lowest BCUT2D eigenvalue weighted by molar-refractivity contribution is 0.0977. The van der Waals surface area contributed by atoms with Crippen molar-refractivity contribution < 1.29 is 9.21 Å². The third-order valence-corrected chi connectivity index (χ3v) is 2.67. The minimum Gasteiger partial charge on any atom is -0.469 e. The van der Waals surface area contributed by atoms with Crippen molar-refractivity contribution in [1.82, 2.24) is 0 Å². The molecule has 2 heteroatoms. The van der Waals surface area contributed by atoms with Crippen LogP contribution < -0.4 is 0 Å². The standard InChI is InChI=1S/C13H20O2/c1-3-4-5-6-7-8-13(14)12-9-10-15-11(12)2/h9-10H,3-8H2,1-2H3. The average molecular weight is 208 g/mol. The van der Waals surface area contributed by atoms with Crippen LogP contribution in [0, 0.1) is 6.92 Å². The molecule has 1 heterocycles. The zero-order valence-electron chi connectivity index (χ0n) is 9.71.